The van der Waals surface area contributed by atoms with Gasteiger partial charge in [0.05, 0.1) is 22.7 Å². The predicted molar refractivity (Wildman–Crippen MR) is 112 cm³/mol. The number of aromatic nitrogens is 2. The number of sulfone groups is 1. The summed E-state index contributed by atoms with van der Waals surface area (Å²) in [5, 5.41) is 10.2. The van der Waals surface area contributed by atoms with E-state index in [1.54, 1.807) is 13.1 Å². The summed E-state index contributed by atoms with van der Waals surface area (Å²) >= 11 is 0. The van der Waals surface area contributed by atoms with Crippen LogP contribution >= 0.6 is 0 Å². The van der Waals surface area contributed by atoms with Crippen LogP contribution in [0.15, 0.2) is 34.7 Å². The van der Waals surface area contributed by atoms with Gasteiger partial charge in [-0.05, 0) is 36.2 Å². The summed E-state index contributed by atoms with van der Waals surface area (Å²) in [6.45, 7) is 1.96. The van der Waals surface area contributed by atoms with Crippen LogP contribution in [0.4, 0.5) is 30.6 Å². The van der Waals surface area contributed by atoms with Gasteiger partial charge in [0.1, 0.15) is 15.7 Å². The first-order valence-electron chi connectivity index (χ1n) is 9.35. The Morgan fingerprint density at radius 2 is 1.84 bits per heavy atom. The molecule has 31 heavy (non-hydrogen) atoms. The normalized spacial score (nSPS) is 11.5. The lowest BCUT2D eigenvalue weighted by Crippen LogP contribution is -2.25. The third-order valence-corrected chi connectivity index (χ3v) is 5.49. The quantitative estimate of drug-likeness (QED) is 0.552. The molecule has 0 saturated carbocycles. The molecule has 0 unspecified atom stereocenters. The van der Waals surface area contributed by atoms with E-state index < -0.39 is 27.3 Å². The van der Waals surface area contributed by atoms with Crippen LogP contribution in [0.3, 0.4) is 0 Å². The van der Waals surface area contributed by atoms with Crippen LogP contribution in [0, 0.1) is 17.5 Å². The summed E-state index contributed by atoms with van der Waals surface area (Å²) in [6, 6.07) is 6.52. The first kappa shape index (κ1) is 22.6. The van der Waals surface area contributed by atoms with Crippen molar-refractivity contribution in [3.8, 4) is 11.5 Å². The van der Waals surface area contributed by atoms with E-state index in [4.69, 9.17) is 4.42 Å². The maximum atomic E-state index is 14.6. The van der Waals surface area contributed by atoms with Crippen LogP contribution in [-0.4, -0.2) is 44.2 Å². The fourth-order valence-electron chi connectivity index (χ4n) is 2.74. The van der Waals surface area contributed by atoms with Gasteiger partial charge >= 0.3 is 6.01 Å². The van der Waals surface area contributed by atoms with Crippen molar-refractivity contribution >= 4 is 27.2 Å². The molecule has 0 aliphatic rings. The minimum atomic E-state index is -3.20. The monoisotopic (exact) mass is 454 g/mol. The Bertz CT molecular complexity index is 1200. The molecule has 166 valence electrons. The van der Waals surface area contributed by atoms with Crippen LogP contribution in [0.25, 0.3) is 11.5 Å². The minimum Gasteiger partial charge on any atom is -0.403 e. The molecule has 0 amide bonds. The molecule has 7 nitrogen and oxygen atoms in total. The third-order valence-electron chi connectivity index (χ3n) is 4.57. The highest BCUT2D eigenvalue weighted by Crippen LogP contribution is 2.35. The molecule has 0 aliphatic carbocycles. The Balaban J connectivity index is 1.94. The highest BCUT2D eigenvalue weighted by atomic mass is 32.2. The second kappa shape index (κ2) is 8.96. The molecular formula is C20H21F3N4O3S. The van der Waals surface area contributed by atoms with E-state index >= 15 is 0 Å². The van der Waals surface area contributed by atoms with Crippen molar-refractivity contribution in [1.82, 2.24) is 10.2 Å². The highest BCUT2D eigenvalue weighted by Gasteiger charge is 2.22. The maximum Gasteiger partial charge on any atom is 0.318 e. The molecule has 0 bridgehead atoms. The molecule has 1 N–H and O–H groups in total. The van der Waals surface area contributed by atoms with Crippen molar-refractivity contribution in [3.05, 3.63) is 53.3 Å². The molecule has 0 atom stereocenters. The fourth-order valence-corrected chi connectivity index (χ4v) is 3.35. The molecule has 0 spiro atoms. The molecule has 2 aromatic carbocycles. The molecule has 1 aromatic heterocycles. The first-order chi connectivity index (χ1) is 14.6. The van der Waals surface area contributed by atoms with Crippen molar-refractivity contribution in [2.24, 2.45) is 0 Å². The van der Waals surface area contributed by atoms with Crippen molar-refractivity contribution in [1.29, 1.82) is 0 Å². The number of rotatable bonds is 8. The second-order valence-corrected chi connectivity index (χ2v) is 9.28. The lowest BCUT2D eigenvalue weighted by molar-refractivity contribution is 0.510. The van der Waals surface area contributed by atoms with Gasteiger partial charge in [-0.25, -0.2) is 21.6 Å². The molecule has 11 heteroatoms. The minimum absolute atomic E-state index is 0.00666. The summed E-state index contributed by atoms with van der Waals surface area (Å²) in [4.78, 5) is 1.42. The highest BCUT2D eigenvalue weighted by molar-refractivity contribution is 7.90. The molecule has 3 aromatic rings. The largest absolute Gasteiger partial charge is 0.403 e. The molecule has 0 aliphatic heterocycles. The first-order valence-corrected chi connectivity index (χ1v) is 11.4. The number of nitrogens with one attached hydrogen (secondary N) is 1. The Morgan fingerprint density at radius 1 is 1.10 bits per heavy atom. The van der Waals surface area contributed by atoms with Gasteiger partial charge in [0, 0.05) is 19.8 Å². The van der Waals surface area contributed by atoms with E-state index in [9.17, 15) is 21.6 Å². The average molecular weight is 454 g/mol. The number of aryl methyl sites for hydroxylation is 1. The van der Waals surface area contributed by atoms with Gasteiger partial charge in [-0.3, -0.25) is 0 Å². The van der Waals surface area contributed by atoms with E-state index in [2.05, 4.69) is 15.5 Å². The second-order valence-electron chi connectivity index (χ2n) is 7.02. The number of anilines is 3. The van der Waals surface area contributed by atoms with E-state index in [1.807, 2.05) is 6.92 Å². The fraction of sp³-hybridized carbons (Fsp3) is 0.300. The molecule has 0 fully saturated rings. The molecule has 1 heterocycles. The maximum absolute atomic E-state index is 14.6. The van der Waals surface area contributed by atoms with Crippen LogP contribution in [-0.2, 0) is 16.3 Å². The molecular weight excluding hydrogens is 433 g/mol. The van der Waals surface area contributed by atoms with Gasteiger partial charge in [-0.15, -0.1) is 5.10 Å². The van der Waals surface area contributed by atoms with Crippen molar-refractivity contribution in [2.75, 3.05) is 35.8 Å². The van der Waals surface area contributed by atoms with Crippen molar-refractivity contribution in [3.63, 3.8) is 0 Å². The Labute approximate surface area is 177 Å². The van der Waals surface area contributed by atoms with Gasteiger partial charge in [0.15, 0.2) is 11.6 Å². The molecule has 3 rings (SSSR count). The van der Waals surface area contributed by atoms with E-state index in [1.165, 1.54) is 23.1 Å². The number of halogens is 3. The van der Waals surface area contributed by atoms with E-state index in [0.29, 0.717) is 6.42 Å². The summed E-state index contributed by atoms with van der Waals surface area (Å²) in [5.74, 6) is -3.27. The summed E-state index contributed by atoms with van der Waals surface area (Å²) in [7, 11) is -1.65. The lowest BCUT2D eigenvalue weighted by Gasteiger charge is -2.14. The molecule has 0 radical (unpaired) electrons. The van der Waals surface area contributed by atoms with Crippen molar-refractivity contribution < 1.29 is 26.0 Å². The predicted octanol–water partition coefficient (Wildman–Crippen LogP) is 3.94. The topological polar surface area (TPSA) is 88.3 Å². The SMILES string of the molecule is CCc1ccc(Nc2c(-c3nnc(N(C)CCS(C)(=O)=O)o3)ccc(F)c2F)c(F)c1. The summed E-state index contributed by atoms with van der Waals surface area (Å²) < 4.78 is 71.1. The average Bonchev–Trinajstić information content (AvgIpc) is 3.20. The Kier molecular flexibility index (Phi) is 6.54. The zero-order valence-electron chi connectivity index (χ0n) is 17.1. The van der Waals surface area contributed by atoms with Gasteiger partial charge in [-0.2, -0.15) is 0 Å². The van der Waals surface area contributed by atoms with Crippen LogP contribution in [0.2, 0.25) is 0 Å². The van der Waals surface area contributed by atoms with Crippen LogP contribution in [0.1, 0.15) is 12.5 Å². The van der Waals surface area contributed by atoms with Gasteiger partial charge in [0.25, 0.3) is 5.89 Å². The number of nitrogens with zero attached hydrogens (tertiary/aromatic N) is 3. The van der Waals surface area contributed by atoms with Gasteiger partial charge in [0.2, 0.25) is 0 Å². The Hall–Kier alpha value is -3.08. The number of hydrogen-bond donors (Lipinski definition) is 1. The van der Waals surface area contributed by atoms with Crippen molar-refractivity contribution in [2.45, 2.75) is 13.3 Å². The standard InChI is InChI=1S/C20H21F3N4O3S/c1-4-12-5-8-16(15(22)11-12)24-18-13(6-7-14(21)17(18)23)19-25-26-20(30-19)27(2)9-10-31(3,28)29/h5-8,11,24H,4,9-10H2,1-3H3. The van der Waals surface area contributed by atoms with E-state index in [0.717, 1.165) is 17.9 Å². The molecule has 0 saturated heterocycles. The number of benzene rings is 2. The van der Waals surface area contributed by atoms with E-state index in [-0.39, 0.29) is 41.1 Å². The summed E-state index contributed by atoms with van der Waals surface area (Å²) in [6.07, 6.45) is 1.72. The van der Waals surface area contributed by atoms with Gasteiger partial charge < -0.3 is 14.6 Å². The summed E-state index contributed by atoms with van der Waals surface area (Å²) in [5.41, 5.74) is 0.361. The number of hydrogen-bond acceptors (Lipinski definition) is 7. The van der Waals surface area contributed by atoms with Crippen LogP contribution < -0.4 is 10.2 Å². The zero-order valence-corrected chi connectivity index (χ0v) is 17.9. The smallest absolute Gasteiger partial charge is 0.318 e. The van der Waals surface area contributed by atoms with Crippen LogP contribution in [0.5, 0.6) is 0 Å². The zero-order chi connectivity index (χ0) is 22.8. The third kappa shape index (κ3) is 5.35. The van der Waals surface area contributed by atoms with Gasteiger partial charge in [-0.1, -0.05) is 18.1 Å². The Morgan fingerprint density at radius 3 is 2.48 bits per heavy atom. The lowest BCUT2D eigenvalue weighted by atomic mass is 10.1.